The summed E-state index contributed by atoms with van der Waals surface area (Å²) in [6.45, 7) is 10.9. The largest absolute Gasteiger partial charge is 0.476 e. The quantitative estimate of drug-likeness (QED) is 0.480. The number of carbonyl (C=O) groups excluding carboxylic acids is 1. The van der Waals surface area contributed by atoms with Crippen LogP contribution in [0.2, 0.25) is 0 Å². The molecule has 2 fully saturated rings. The van der Waals surface area contributed by atoms with Crippen LogP contribution >= 0.6 is 0 Å². The molecule has 0 atom stereocenters. The van der Waals surface area contributed by atoms with Crippen molar-refractivity contribution in [3.8, 4) is 0 Å². The van der Waals surface area contributed by atoms with Crippen LogP contribution in [0.4, 0.5) is 4.79 Å². The Kier molecular flexibility index (Phi) is 8.44. The van der Waals surface area contributed by atoms with Gasteiger partial charge in [0.25, 0.3) is 0 Å². The minimum absolute atomic E-state index is 0.112. The number of allylic oxidation sites excluding steroid dienone is 6. The highest BCUT2D eigenvalue weighted by atomic mass is 16.4. The van der Waals surface area contributed by atoms with Crippen molar-refractivity contribution < 1.29 is 14.7 Å². The third-order valence-corrected chi connectivity index (χ3v) is 7.80. The molecule has 1 N–H and O–H groups in total. The Morgan fingerprint density at radius 3 is 2.49 bits per heavy atom. The van der Waals surface area contributed by atoms with E-state index >= 15 is 0 Å². The fourth-order valence-corrected chi connectivity index (χ4v) is 5.24. The molecular weight excluding hydrogens is 464 g/mol. The first kappa shape index (κ1) is 26.6. The van der Waals surface area contributed by atoms with Gasteiger partial charge in [0.2, 0.25) is 0 Å². The lowest BCUT2D eigenvalue weighted by Gasteiger charge is -2.39. The standard InChI is InChI=1S/C30H38N4O3/c1-4-23(2)8-5-6-9-24(3)26-11-7-10-25(20-26)21-32-17-13-30(22-32)14-18-33(19-15-30)29(37)34-16-12-27(31-34)28(35)36/h5-12,16,20H,4,13-15,17-19,21-22H2,1-3H3,(H,35,36)/b6-5-,23-8+,24-9+. The van der Waals surface area contributed by atoms with Crippen molar-refractivity contribution in [3.63, 3.8) is 0 Å². The van der Waals surface area contributed by atoms with E-state index in [0.29, 0.717) is 13.1 Å². The van der Waals surface area contributed by atoms with E-state index in [9.17, 15) is 9.59 Å². The number of hydrogen-bond donors (Lipinski definition) is 1. The highest BCUT2D eigenvalue weighted by Crippen LogP contribution is 2.41. The average molecular weight is 503 g/mol. The number of likely N-dealkylation sites (tertiary alicyclic amines) is 2. The Morgan fingerprint density at radius 2 is 1.78 bits per heavy atom. The van der Waals surface area contributed by atoms with Gasteiger partial charge in [-0.05, 0) is 74.3 Å². The predicted octanol–water partition coefficient (Wildman–Crippen LogP) is 5.85. The number of carboxylic acid groups (broad SMARTS) is 1. The number of carbonyl (C=O) groups is 2. The number of piperidine rings is 1. The van der Waals surface area contributed by atoms with Crippen LogP contribution in [0.3, 0.4) is 0 Å². The van der Waals surface area contributed by atoms with Crippen LogP contribution in [0.1, 0.15) is 68.1 Å². The molecule has 1 aromatic carbocycles. The molecule has 37 heavy (non-hydrogen) atoms. The average Bonchev–Trinajstić information content (AvgIpc) is 3.55. The van der Waals surface area contributed by atoms with Crippen molar-refractivity contribution in [3.05, 3.63) is 83.2 Å². The van der Waals surface area contributed by atoms with Crippen molar-refractivity contribution in [1.29, 1.82) is 0 Å². The van der Waals surface area contributed by atoms with E-state index in [4.69, 9.17) is 5.11 Å². The number of amides is 1. The molecule has 1 aromatic heterocycles. The summed E-state index contributed by atoms with van der Waals surface area (Å²) in [5.41, 5.74) is 5.34. The van der Waals surface area contributed by atoms with Crippen LogP contribution in [-0.4, -0.2) is 62.9 Å². The molecule has 0 bridgehead atoms. The van der Waals surface area contributed by atoms with Gasteiger partial charge in [-0.15, -0.1) is 0 Å². The second kappa shape index (κ2) is 11.7. The maximum absolute atomic E-state index is 12.8. The topological polar surface area (TPSA) is 78.7 Å². The van der Waals surface area contributed by atoms with Gasteiger partial charge in [0.15, 0.2) is 5.69 Å². The van der Waals surface area contributed by atoms with E-state index in [0.717, 1.165) is 50.0 Å². The van der Waals surface area contributed by atoms with Crippen LogP contribution in [0.15, 0.2) is 66.4 Å². The van der Waals surface area contributed by atoms with Gasteiger partial charge in [0.1, 0.15) is 0 Å². The normalized spacial score (nSPS) is 18.7. The summed E-state index contributed by atoms with van der Waals surface area (Å²) >= 11 is 0. The fourth-order valence-electron chi connectivity index (χ4n) is 5.24. The van der Waals surface area contributed by atoms with Gasteiger partial charge in [-0.2, -0.15) is 9.78 Å². The molecule has 7 heteroatoms. The maximum atomic E-state index is 12.8. The summed E-state index contributed by atoms with van der Waals surface area (Å²) in [5.74, 6) is -1.13. The number of aromatic nitrogens is 2. The van der Waals surface area contributed by atoms with E-state index in [-0.39, 0.29) is 17.1 Å². The van der Waals surface area contributed by atoms with Crippen molar-refractivity contribution in [2.45, 2.75) is 53.0 Å². The van der Waals surface area contributed by atoms with Gasteiger partial charge in [-0.25, -0.2) is 9.59 Å². The Hall–Kier alpha value is -3.45. The lowest BCUT2D eigenvalue weighted by molar-refractivity contribution is 0.0689. The molecule has 2 aliphatic rings. The van der Waals surface area contributed by atoms with Crippen molar-refractivity contribution in [1.82, 2.24) is 19.6 Å². The zero-order valence-corrected chi connectivity index (χ0v) is 22.2. The van der Waals surface area contributed by atoms with Gasteiger partial charge < -0.3 is 10.0 Å². The summed E-state index contributed by atoms with van der Waals surface area (Å²) in [4.78, 5) is 28.2. The lowest BCUT2D eigenvalue weighted by Crippen LogP contribution is -2.45. The van der Waals surface area contributed by atoms with Crippen molar-refractivity contribution in [2.24, 2.45) is 5.41 Å². The first-order chi connectivity index (χ1) is 17.8. The molecule has 196 valence electrons. The second-order valence-corrected chi connectivity index (χ2v) is 10.5. The molecule has 1 spiro atoms. The minimum Gasteiger partial charge on any atom is -0.476 e. The zero-order valence-electron chi connectivity index (χ0n) is 22.2. The molecule has 0 aliphatic carbocycles. The summed E-state index contributed by atoms with van der Waals surface area (Å²) in [6.07, 6.45) is 14.1. The van der Waals surface area contributed by atoms with Gasteiger partial charge in [0.05, 0.1) is 0 Å². The molecule has 2 aromatic rings. The zero-order chi connectivity index (χ0) is 26.4. The third-order valence-electron chi connectivity index (χ3n) is 7.80. The van der Waals surface area contributed by atoms with Crippen molar-refractivity contribution >= 4 is 17.6 Å². The van der Waals surface area contributed by atoms with E-state index in [1.54, 1.807) is 4.90 Å². The molecule has 0 saturated carbocycles. The number of hydrogen-bond acceptors (Lipinski definition) is 4. The molecule has 3 heterocycles. The van der Waals surface area contributed by atoms with Crippen LogP contribution in [-0.2, 0) is 6.54 Å². The number of rotatable bonds is 7. The van der Waals surface area contributed by atoms with E-state index < -0.39 is 5.97 Å². The minimum atomic E-state index is -1.13. The summed E-state index contributed by atoms with van der Waals surface area (Å²) in [6, 6.07) is 9.94. The monoisotopic (exact) mass is 502 g/mol. The summed E-state index contributed by atoms with van der Waals surface area (Å²) in [5, 5.41) is 12.9. The Bertz CT molecular complexity index is 1210. The van der Waals surface area contributed by atoms with Gasteiger partial charge in [-0.1, -0.05) is 61.1 Å². The molecule has 2 saturated heterocycles. The Morgan fingerprint density at radius 1 is 1.05 bits per heavy atom. The van der Waals surface area contributed by atoms with Crippen molar-refractivity contribution in [2.75, 3.05) is 26.2 Å². The van der Waals surface area contributed by atoms with Gasteiger partial charge >= 0.3 is 12.0 Å². The maximum Gasteiger partial charge on any atom is 0.356 e. The van der Waals surface area contributed by atoms with Crippen LogP contribution < -0.4 is 0 Å². The highest BCUT2D eigenvalue weighted by Gasteiger charge is 2.41. The number of nitrogens with zero attached hydrogens (tertiary/aromatic N) is 4. The Labute approximate surface area is 219 Å². The van der Waals surface area contributed by atoms with E-state index in [1.165, 1.54) is 34.5 Å². The second-order valence-electron chi connectivity index (χ2n) is 10.5. The third kappa shape index (κ3) is 6.66. The lowest BCUT2D eigenvalue weighted by atomic mass is 9.78. The number of benzene rings is 1. The molecule has 2 aliphatic heterocycles. The Balaban J connectivity index is 1.31. The summed E-state index contributed by atoms with van der Waals surface area (Å²) < 4.78 is 1.14. The molecule has 7 nitrogen and oxygen atoms in total. The predicted molar refractivity (Wildman–Crippen MR) is 146 cm³/mol. The fraction of sp³-hybridized carbons (Fsp3) is 0.433. The van der Waals surface area contributed by atoms with Crippen LogP contribution in [0.5, 0.6) is 0 Å². The van der Waals surface area contributed by atoms with Crippen LogP contribution in [0.25, 0.3) is 5.57 Å². The smallest absolute Gasteiger partial charge is 0.356 e. The number of carboxylic acids is 1. The highest BCUT2D eigenvalue weighted by molar-refractivity contribution is 5.86. The van der Waals surface area contributed by atoms with E-state index in [1.807, 2.05) is 0 Å². The first-order valence-corrected chi connectivity index (χ1v) is 13.2. The van der Waals surface area contributed by atoms with Gasteiger partial charge in [0, 0.05) is 32.4 Å². The molecule has 4 rings (SSSR count). The molecule has 0 radical (unpaired) electrons. The molecule has 1 amide bonds. The van der Waals surface area contributed by atoms with E-state index in [2.05, 4.69) is 79.3 Å². The van der Waals surface area contributed by atoms with Gasteiger partial charge in [-0.3, -0.25) is 4.90 Å². The summed E-state index contributed by atoms with van der Waals surface area (Å²) in [7, 11) is 0. The number of aromatic carboxylic acids is 1. The van der Waals surface area contributed by atoms with Crippen LogP contribution in [0, 0.1) is 5.41 Å². The first-order valence-electron chi connectivity index (χ1n) is 13.2. The SMILES string of the molecule is CC/C(C)=C/C=C\C=C(/C)c1cccc(CN2CCC3(CCN(C(=O)n4ccc(C(=O)O)n4)CC3)C2)c1. The molecular formula is C30H38N4O3. The molecule has 0 unspecified atom stereocenters.